The van der Waals surface area contributed by atoms with Gasteiger partial charge in [-0.1, -0.05) is 0 Å². The fraction of sp³-hybridized carbons (Fsp3) is 0.636. The number of nitrogens with one attached hydrogen (secondary N) is 2. The largest absolute Gasteiger partial charge is 0.389 e. The van der Waals surface area contributed by atoms with Crippen LogP contribution in [0.5, 0.6) is 0 Å². The third-order valence-corrected chi connectivity index (χ3v) is 3.85. The fourth-order valence-electron chi connectivity index (χ4n) is 1.84. The Hall–Kier alpha value is -0.450. The van der Waals surface area contributed by atoms with E-state index in [-0.39, 0.29) is 0 Å². The van der Waals surface area contributed by atoms with Crippen LogP contribution in [-0.2, 0) is 6.54 Å². The van der Waals surface area contributed by atoms with Gasteiger partial charge in [0.15, 0.2) is 0 Å². The molecule has 1 aromatic rings. The van der Waals surface area contributed by atoms with Crippen molar-refractivity contribution in [3.63, 3.8) is 0 Å². The van der Waals surface area contributed by atoms with Crippen molar-refractivity contribution in [3.8, 4) is 0 Å². The molecule has 3 N–H and O–H groups in total. The zero-order valence-electron chi connectivity index (χ0n) is 8.83. The van der Waals surface area contributed by atoms with Crippen molar-refractivity contribution < 1.29 is 5.11 Å². The minimum atomic E-state index is -0.471. The third-order valence-electron chi connectivity index (χ3n) is 2.87. The topological polar surface area (TPSA) is 48.0 Å². The molecule has 1 aliphatic heterocycles. The van der Waals surface area contributed by atoms with Gasteiger partial charge in [-0.2, -0.15) is 11.8 Å². The molecule has 0 bridgehead atoms. The highest BCUT2D eigenvalue weighted by Crippen LogP contribution is 2.26. The van der Waals surface area contributed by atoms with Crippen molar-refractivity contribution in [2.75, 3.05) is 18.1 Å². The second-order valence-electron chi connectivity index (χ2n) is 4.16. The molecule has 3 nitrogen and oxygen atoms in total. The molecular weight excluding hydrogens is 208 g/mol. The average Bonchev–Trinajstić information content (AvgIpc) is 2.71. The van der Waals surface area contributed by atoms with Crippen LogP contribution in [0, 0.1) is 0 Å². The summed E-state index contributed by atoms with van der Waals surface area (Å²) in [6.07, 6.45) is 5.73. The first-order valence-corrected chi connectivity index (χ1v) is 6.57. The molecule has 0 saturated carbocycles. The van der Waals surface area contributed by atoms with Gasteiger partial charge in [-0.15, -0.1) is 0 Å². The van der Waals surface area contributed by atoms with E-state index in [2.05, 4.69) is 10.3 Å². The van der Waals surface area contributed by atoms with Gasteiger partial charge in [0.05, 0.1) is 5.60 Å². The summed E-state index contributed by atoms with van der Waals surface area (Å²) in [7, 11) is 0. The van der Waals surface area contributed by atoms with Crippen LogP contribution in [0.25, 0.3) is 0 Å². The van der Waals surface area contributed by atoms with E-state index >= 15 is 0 Å². The Morgan fingerprint density at radius 1 is 1.47 bits per heavy atom. The predicted octanol–water partition coefficient (Wildman–Crippen LogP) is 1.36. The lowest BCUT2D eigenvalue weighted by atomic mass is 9.97. The van der Waals surface area contributed by atoms with E-state index in [0.717, 1.165) is 30.9 Å². The summed E-state index contributed by atoms with van der Waals surface area (Å²) in [4.78, 5) is 3.02. The summed E-state index contributed by atoms with van der Waals surface area (Å²) < 4.78 is 0. The average molecular weight is 226 g/mol. The number of aliphatic hydroxyl groups is 1. The summed E-state index contributed by atoms with van der Waals surface area (Å²) in [6.45, 7) is 1.54. The maximum atomic E-state index is 10.2. The van der Waals surface area contributed by atoms with E-state index in [1.807, 2.05) is 30.2 Å². The van der Waals surface area contributed by atoms with E-state index in [1.54, 1.807) is 0 Å². The molecule has 1 fully saturated rings. The SMILES string of the molecule is OC1(CNCc2cc[nH]c2)CCSCC1. The van der Waals surface area contributed by atoms with Gasteiger partial charge in [0.25, 0.3) is 0 Å². The van der Waals surface area contributed by atoms with Crippen LogP contribution in [0.3, 0.4) is 0 Å². The van der Waals surface area contributed by atoms with E-state index in [1.165, 1.54) is 5.56 Å². The maximum Gasteiger partial charge on any atom is 0.0787 e. The summed E-state index contributed by atoms with van der Waals surface area (Å²) in [5.41, 5.74) is 0.769. The number of aromatic amines is 1. The molecule has 0 atom stereocenters. The van der Waals surface area contributed by atoms with Crippen LogP contribution >= 0.6 is 11.8 Å². The fourth-order valence-corrected chi connectivity index (χ4v) is 3.09. The lowest BCUT2D eigenvalue weighted by Crippen LogP contribution is -2.43. The first-order chi connectivity index (χ1) is 7.29. The Bertz CT molecular complexity index is 281. The quantitative estimate of drug-likeness (QED) is 0.726. The molecule has 2 heterocycles. The van der Waals surface area contributed by atoms with Gasteiger partial charge in [0.2, 0.25) is 0 Å². The molecule has 0 radical (unpaired) electrons. The van der Waals surface area contributed by atoms with Crippen molar-refractivity contribution in [2.24, 2.45) is 0 Å². The molecule has 0 unspecified atom stereocenters. The molecule has 1 aliphatic rings. The molecule has 0 aromatic carbocycles. The maximum absolute atomic E-state index is 10.2. The second-order valence-corrected chi connectivity index (χ2v) is 5.38. The van der Waals surface area contributed by atoms with Crippen LogP contribution in [0.15, 0.2) is 18.5 Å². The molecule has 0 amide bonds. The molecule has 2 rings (SSSR count). The standard InChI is InChI=1S/C11H18N2OS/c14-11(2-5-15-6-3-11)9-13-8-10-1-4-12-7-10/h1,4,7,12-14H,2-3,5-6,8-9H2. The third kappa shape index (κ3) is 3.26. The number of aromatic nitrogens is 1. The highest BCUT2D eigenvalue weighted by molar-refractivity contribution is 7.99. The van der Waals surface area contributed by atoms with E-state index in [0.29, 0.717) is 6.54 Å². The normalized spacial score (nSPS) is 20.3. The Morgan fingerprint density at radius 3 is 2.93 bits per heavy atom. The van der Waals surface area contributed by atoms with E-state index < -0.39 is 5.60 Å². The smallest absolute Gasteiger partial charge is 0.0787 e. The molecule has 4 heteroatoms. The minimum absolute atomic E-state index is 0.471. The van der Waals surface area contributed by atoms with E-state index in [9.17, 15) is 5.11 Å². The Labute approximate surface area is 94.7 Å². The van der Waals surface area contributed by atoms with Crippen molar-refractivity contribution in [3.05, 3.63) is 24.0 Å². The highest BCUT2D eigenvalue weighted by Gasteiger charge is 2.28. The van der Waals surface area contributed by atoms with E-state index in [4.69, 9.17) is 0 Å². The van der Waals surface area contributed by atoms with Crippen LogP contribution in [-0.4, -0.2) is 33.7 Å². The molecular formula is C11H18N2OS. The monoisotopic (exact) mass is 226 g/mol. The summed E-state index contributed by atoms with van der Waals surface area (Å²) in [5, 5.41) is 13.5. The number of hydrogen-bond acceptors (Lipinski definition) is 3. The molecule has 0 aliphatic carbocycles. The van der Waals surface area contributed by atoms with Crippen LogP contribution in [0.4, 0.5) is 0 Å². The molecule has 1 saturated heterocycles. The van der Waals surface area contributed by atoms with Gasteiger partial charge in [0.1, 0.15) is 0 Å². The van der Waals surface area contributed by atoms with Crippen molar-refractivity contribution in [1.29, 1.82) is 0 Å². The minimum Gasteiger partial charge on any atom is -0.389 e. The highest BCUT2D eigenvalue weighted by atomic mass is 32.2. The summed E-state index contributed by atoms with van der Waals surface area (Å²) >= 11 is 1.94. The number of hydrogen-bond donors (Lipinski definition) is 3. The summed E-state index contributed by atoms with van der Waals surface area (Å²) in [5.74, 6) is 2.17. The van der Waals surface area contributed by atoms with Crippen molar-refractivity contribution in [2.45, 2.75) is 25.0 Å². The van der Waals surface area contributed by atoms with Gasteiger partial charge >= 0.3 is 0 Å². The lowest BCUT2D eigenvalue weighted by Gasteiger charge is -2.31. The van der Waals surface area contributed by atoms with Crippen LogP contribution in [0.1, 0.15) is 18.4 Å². The van der Waals surface area contributed by atoms with Gasteiger partial charge in [0, 0.05) is 25.5 Å². The van der Waals surface area contributed by atoms with Gasteiger partial charge < -0.3 is 15.4 Å². The molecule has 84 valence electrons. The zero-order valence-corrected chi connectivity index (χ0v) is 9.65. The van der Waals surface area contributed by atoms with Crippen LogP contribution < -0.4 is 5.32 Å². The Morgan fingerprint density at radius 2 is 2.27 bits per heavy atom. The van der Waals surface area contributed by atoms with Crippen molar-refractivity contribution in [1.82, 2.24) is 10.3 Å². The Kier molecular flexibility index (Phi) is 3.72. The second kappa shape index (κ2) is 5.05. The number of rotatable bonds is 4. The van der Waals surface area contributed by atoms with Gasteiger partial charge in [-0.3, -0.25) is 0 Å². The van der Waals surface area contributed by atoms with Gasteiger partial charge in [-0.05, 0) is 36.0 Å². The summed E-state index contributed by atoms with van der Waals surface area (Å²) in [6, 6.07) is 2.05. The lowest BCUT2D eigenvalue weighted by molar-refractivity contribution is 0.0320. The first kappa shape index (κ1) is 11.0. The van der Waals surface area contributed by atoms with Crippen LogP contribution in [0.2, 0.25) is 0 Å². The predicted molar refractivity (Wildman–Crippen MR) is 64.0 cm³/mol. The molecule has 0 spiro atoms. The molecule has 15 heavy (non-hydrogen) atoms. The van der Waals surface area contributed by atoms with Crippen molar-refractivity contribution >= 4 is 11.8 Å². The first-order valence-electron chi connectivity index (χ1n) is 5.41. The van der Waals surface area contributed by atoms with Gasteiger partial charge in [-0.25, -0.2) is 0 Å². The Balaban J connectivity index is 1.72. The number of H-pyrrole nitrogens is 1. The molecule has 1 aromatic heterocycles. The number of thioether (sulfide) groups is 1. The zero-order chi connectivity index (χ0) is 10.6.